The summed E-state index contributed by atoms with van der Waals surface area (Å²) in [7, 11) is 1.54. The second-order valence-corrected chi connectivity index (χ2v) is 6.24. The van der Waals surface area contributed by atoms with Crippen molar-refractivity contribution in [2.75, 3.05) is 13.7 Å². The number of hydrogen-bond donors (Lipinski definition) is 0. The molecule has 1 aliphatic carbocycles. The first-order valence-corrected chi connectivity index (χ1v) is 7.73. The molecule has 1 saturated carbocycles. The molecule has 1 amide bonds. The van der Waals surface area contributed by atoms with Gasteiger partial charge in [-0.1, -0.05) is 0 Å². The van der Waals surface area contributed by atoms with Crippen molar-refractivity contribution >= 4 is 6.09 Å². The minimum Gasteiger partial charge on any atom is -0.449 e. The highest BCUT2D eigenvalue weighted by molar-refractivity contribution is 5.67. The molecule has 0 saturated heterocycles. The minimum absolute atomic E-state index is 0.0287. The Morgan fingerprint density at radius 3 is 2.74 bits per heavy atom. The highest BCUT2D eigenvalue weighted by Gasteiger charge is 2.45. The molecule has 9 heteroatoms. The summed E-state index contributed by atoms with van der Waals surface area (Å²) in [5.74, 6) is -0.816. The predicted octanol–water partition coefficient (Wildman–Crippen LogP) is 2.70. The van der Waals surface area contributed by atoms with E-state index in [1.165, 1.54) is 9.47 Å². The third-order valence-electron chi connectivity index (χ3n) is 4.27. The molecule has 128 valence electrons. The summed E-state index contributed by atoms with van der Waals surface area (Å²) >= 11 is 0. The van der Waals surface area contributed by atoms with Crippen LogP contribution in [-0.2, 0) is 17.8 Å². The molecule has 2 aliphatic rings. The van der Waals surface area contributed by atoms with Crippen LogP contribution in [0.5, 0.6) is 0 Å². The lowest BCUT2D eigenvalue weighted by Crippen LogP contribution is -2.31. The van der Waals surface area contributed by atoms with E-state index in [-0.39, 0.29) is 18.8 Å². The van der Waals surface area contributed by atoms with Gasteiger partial charge in [0.1, 0.15) is 11.7 Å². The van der Waals surface area contributed by atoms with E-state index in [1.807, 2.05) is 0 Å². The van der Waals surface area contributed by atoms with Crippen LogP contribution >= 0.6 is 0 Å². The van der Waals surface area contributed by atoms with E-state index in [1.54, 1.807) is 7.05 Å². The van der Waals surface area contributed by atoms with Gasteiger partial charge in [0.25, 0.3) is 0 Å². The topological polar surface area (TPSA) is 60.2 Å². The van der Waals surface area contributed by atoms with Crippen LogP contribution in [0.15, 0.2) is 0 Å². The zero-order chi connectivity index (χ0) is 16.6. The van der Waals surface area contributed by atoms with Crippen LogP contribution in [0.2, 0.25) is 0 Å². The van der Waals surface area contributed by atoms with Gasteiger partial charge in [0.05, 0.1) is 13.2 Å². The van der Waals surface area contributed by atoms with Crippen molar-refractivity contribution in [3.8, 4) is 0 Å². The molecule has 1 unspecified atom stereocenters. The SMILES string of the molecule is CN(Cc1nnc2n1CCCC2C(F)(F)F)C(=O)OCC1CC1. The Hall–Kier alpha value is -1.80. The van der Waals surface area contributed by atoms with Gasteiger partial charge in [-0.2, -0.15) is 13.2 Å². The first-order chi connectivity index (χ1) is 10.9. The molecule has 0 bridgehead atoms. The molecule has 0 spiro atoms. The number of ether oxygens (including phenoxy) is 1. The number of rotatable bonds is 4. The van der Waals surface area contributed by atoms with Gasteiger partial charge >= 0.3 is 12.3 Å². The lowest BCUT2D eigenvalue weighted by molar-refractivity contribution is -0.156. The van der Waals surface area contributed by atoms with E-state index in [4.69, 9.17) is 4.74 Å². The van der Waals surface area contributed by atoms with Crippen LogP contribution in [0.3, 0.4) is 0 Å². The van der Waals surface area contributed by atoms with E-state index in [0.717, 1.165) is 12.8 Å². The number of hydrogen-bond acceptors (Lipinski definition) is 4. The third-order valence-corrected chi connectivity index (χ3v) is 4.27. The summed E-state index contributed by atoms with van der Waals surface area (Å²) in [4.78, 5) is 13.2. The van der Waals surface area contributed by atoms with Crippen LogP contribution < -0.4 is 0 Å². The maximum atomic E-state index is 13.0. The quantitative estimate of drug-likeness (QED) is 0.850. The standard InChI is InChI=1S/C14H19F3N4O2/c1-20(13(22)23-8-9-4-5-9)7-11-18-19-12-10(14(15,16)17)3-2-6-21(11)12/h9-10H,2-8H2,1H3. The molecule has 1 aliphatic heterocycles. The molecular weight excluding hydrogens is 313 g/mol. The summed E-state index contributed by atoms with van der Waals surface area (Å²) in [6, 6.07) is 0. The molecule has 1 atom stereocenters. The lowest BCUT2D eigenvalue weighted by atomic mass is 9.98. The molecule has 0 N–H and O–H groups in total. The number of aromatic nitrogens is 3. The van der Waals surface area contributed by atoms with Gasteiger partial charge in [-0.3, -0.25) is 0 Å². The van der Waals surface area contributed by atoms with E-state index in [0.29, 0.717) is 31.3 Å². The Kier molecular flexibility index (Phi) is 4.20. The molecule has 1 fully saturated rings. The number of carbonyl (C=O) groups is 1. The monoisotopic (exact) mass is 332 g/mol. The summed E-state index contributed by atoms with van der Waals surface area (Å²) in [5, 5.41) is 7.57. The summed E-state index contributed by atoms with van der Waals surface area (Å²) in [5.41, 5.74) is 0. The van der Waals surface area contributed by atoms with Crippen LogP contribution in [-0.4, -0.2) is 45.6 Å². The van der Waals surface area contributed by atoms with Crippen molar-refractivity contribution in [3.05, 3.63) is 11.6 Å². The van der Waals surface area contributed by atoms with E-state index in [9.17, 15) is 18.0 Å². The van der Waals surface area contributed by atoms with Crippen LogP contribution in [0, 0.1) is 5.92 Å². The molecular formula is C14H19F3N4O2. The van der Waals surface area contributed by atoms with E-state index >= 15 is 0 Å². The molecule has 0 radical (unpaired) electrons. The first kappa shape index (κ1) is 16.1. The van der Waals surface area contributed by atoms with E-state index < -0.39 is 18.2 Å². The summed E-state index contributed by atoms with van der Waals surface area (Å²) in [6.07, 6.45) is -2.21. The zero-order valence-corrected chi connectivity index (χ0v) is 12.8. The molecule has 2 heterocycles. The van der Waals surface area contributed by atoms with Crippen LogP contribution in [0.25, 0.3) is 0 Å². The van der Waals surface area contributed by atoms with Gasteiger partial charge in [0.2, 0.25) is 0 Å². The van der Waals surface area contributed by atoms with Crippen molar-refractivity contribution in [2.45, 2.75) is 50.9 Å². The van der Waals surface area contributed by atoms with Gasteiger partial charge in [0.15, 0.2) is 5.82 Å². The number of alkyl halides is 3. The highest BCUT2D eigenvalue weighted by Crippen LogP contribution is 2.40. The summed E-state index contributed by atoms with van der Waals surface area (Å²) in [6.45, 7) is 0.924. The van der Waals surface area contributed by atoms with Crippen molar-refractivity contribution in [3.63, 3.8) is 0 Å². The van der Waals surface area contributed by atoms with Crippen molar-refractivity contribution in [1.82, 2.24) is 19.7 Å². The van der Waals surface area contributed by atoms with Crippen molar-refractivity contribution in [2.24, 2.45) is 5.92 Å². The molecule has 6 nitrogen and oxygen atoms in total. The minimum atomic E-state index is -4.32. The second-order valence-electron chi connectivity index (χ2n) is 6.24. The third kappa shape index (κ3) is 3.59. The number of halogens is 3. The molecule has 1 aromatic heterocycles. The predicted molar refractivity (Wildman–Crippen MR) is 73.6 cm³/mol. The number of fused-ring (bicyclic) bond motifs is 1. The molecule has 1 aromatic rings. The normalized spacial score (nSPS) is 21.0. The average molecular weight is 332 g/mol. The Bertz CT molecular complexity index is 583. The average Bonchev–Trinajstić information content (AvgIpc) is 3.24. The number of amides is 1. The maximum absolute atomic E-state index is 13.0. The maximum Gasteiger partial charge on any atom is 0.409 e. The molecule has 0 aromatic carbocycles. The van der Waals surface area contributed by atoms with Gasteiger partial charge in [-0.25, -0.2) is 4.79 Å². The fourth-order valence-corrected chi connectivity index (χ4v) is 2.72. The lowest BCUT2D eigenvalue weighted by Gasteiger charge is -2.26. The van der Waals surface area contributed by atoms with Crippen molar-refractivity contribution in [1.29, 1.82) is 0 Å². The van der Waals surface area contributed by atoms with Crippen LogP contribution in [0.1, 0.15) is 43.3 Å². The Labute approximate surface area is 131 Å². The number of nitrogens with zero attached hydrogens (tertiary/aromatic N) is 4. The fourth-order valence-electron chi connectivity index (χ4n) is 2.72. The summed E-state index contributed by atoms with van der Waals surface area (Å²) < 4.78 is 45.7. The smallest absolute Gasteiger partial charge is 0.409 e. The molecule has 3 rings (SSSR count). The first-order valence-electron chi connectivity index (χ1n) is 7.73. The Morgan fingerprint density at radius 2 is 2.09 bits per heavy atom. The van der Waals surface area contributed by atoms with Gasteiger partial charge in [-0.05, 0) is 31.6 Å². The number of carbonyl (C=O) groups excluding carboxylic acids is 1. The van der Waals surface area contributed by atoms with Gasteiger partial charge in [0, 0.05) is 13.6 Å². The molecule has 23 heavy (non-hydrogen) atoms. The Balaban J connectivity index is 1.66. The Morgan fingerprint density at radius 1 is 1.35 bits per heavy atom. The second kappa shape index (κ2) is 6.01. The fraction of sp³-hybridized carbons (Fsp3) is 0.786. The van der Waals surface area contributed by atoms with Crippen molar-refractivity contribution < 1.29 is 22.7 Å². The van der Waals surface area contributed by atoms with Gasteiger partial charge in [-0.15, -0.1) is 10.2 Å². The van der Waals surface area contributed by atoms with E-state index in [2.05, 4.69) is 10.2 Å². The largest absolute Gasteiger partial charge is 0.449 e. The zero-order valence-electron chi connectivity index (χ0n) is 12.8. The van der Waals surface area contributed by atoms with Gasteiger partial charge < -0.3 is 14.2 Å². The van der Waals surface area contributed by atoms with Crippen LogP contribution in [0.4, 0.5) is 18.0 Å². The highest BCUT2D eigenvalue weighted by atomic mass is 19.4.